The Hall–Kier alpha value is -3.55. The van der Waals surface area contributed by atoms with Gasteiger partial charge >= 0.3 is 0 Å². The lowest BCUT2D eigenvalue weighted by atomic mass is 10.0. The minimum Gasteiger partial charge on any atom is -0.368 e. The third-order valence-corrected chi connectivity index (χ3v) is 3.37. The summed E-state index contributed by atoms with van der Waals surface area (Å²) in [4.78, 5) is 16.2. The maximum atomic E-state index is 5.61. The van der Waals surface area contributed by atoms with Crippen LogP contribution in [0.5, 0.6) is 0 Å². The van der Waals surface area contributed by atoms with Crippen LogP contribution in [0.1, 0.15) is 0 Å². The quantitative estimate of drug-likeness (QED) is 0.530. The summed E-state index contributed by atoms with van der Waals surface area (Å²) in [5.41, 5.74) is 9.24. The monoisotopic (exact) mass is 304 g/mol. The van der Waals surface area contributed by atoms with Crippen molar-refractivity contribution >= 4 is 28.4 Å². The molecule has 112 valence electrons. The number of anilines is 3. The Morgan fingerprint density at radius 1 is 1.09 bits per heavy atom. The second-order valence-electron chi connectivity index (χ2n) is 4.91. The Balaban J connectivity index is 1.82. The Bertz CT molecular complexity index is 964. The van der Waals surface area contributed by atoms with Crippen molar-refractivity contribution in [1.29, 1.82) is 0 Å². The zero-order valence-electron chi connectivity index (χ0n) is 11.9. The normalized spacial score (nSPS) is 10.8. The number of aromatic amines is 1. The number of benzene rings is 1. The van der Waals surface area contributed by atoms with Gasteiger partial charge in [-0.3, -0.25) is 5.10 Å². The van der Waals surface area contributed by atoms with Gasteiger partial charge in [0.1, 0.15) is 12.1 Å². The zero-order valence-corrected chi connectivity index (χ0v) is 11.9. The number of rotatable bonds is 3. The number of aromatic nitrogens is 6. The molecule has 0 saturated heterocycles. The van der Waals surface area contributed by atoms with Crippen LogP contribution < -0.4 is 11.1 Å². The van der Waals surface area contributed by atoms with Crippen molar-refractivity contribution < 1.29 is 0 Å². The van der Waals surface area contributed by atoms with Gasteiger partial charge in [-0.2, -0.15) is 10.1 Å². The highest BCUT2D eigenvalue weighted by molar-refractivity contribution is 5.96. The molecule has 0 atom stereocenters. The number of H-pyrrole nitrogens is 1. The summed E-state index contributed by atoms with van der Waals surface area (Å²) in [5, 5.41) is 11.3. The molecule has 23 heavy (non-hydrogen) atoms. The number of nitrogens with two attached hydrogens (primary N) is 1. The molecule has 0 spiro atoms. The smallest absolute Gasteiger partial charge is 0.221 e. The first-order valence-corrected chi connectivity index (χ1v) is 6.88. The number of nitrogens with zero attached hydrogens (tertiary/aromatic N) is 5. The molecule has 8 nitrogen and oxygen atoms in total. The van der Waals surface area contributed by atoms with Gasteiger partial charge in [-0.15, -0.1) is 0 Å². The molecule has 3 heterocycles. The molecule has 4 N–H and O–H groups in total. The Kier molecular flexibility index (Phi) is 3.05. The molecular formula is C15H12N8. The molecule has 0 amide bonds. The van der Waals surface area contributed by atoms with Gasteiger partial charge in [0.25, 0.3) is 0 Å². The predicted octanol–water partition coefficient (Wildman–Crippen LogP) is 2.14. The van der Waals surface area contributed by atoms with Crippen LogP contribution in [0.15, 0.2) is 49.3 Å². The highest BCUT2D eigenvalue weighted by Gasteiger charge is 2.09. The summed E-state index contributed by atoms with van der Waals surface area (Å²) < 4.78 is 0. The van der Waals surface area contributed by atoms with Crippen LogP contribution in [-0.4, -0.2) is 30.1 Å². The summed E-state index contributed by atoms with van der Waals surface area (Å²) in [6.45, 7) is 0. The van der Waals surface area contributed by atoms with E-state index in [1.54, 1.807) is 30.9 Å². The van der Waals surface area contributed by atoms with Crippen LogP contribution in [0.25, 0.3) is 22.0 Å². The summed E-state index contributed by atoms with van der Waals surface area (Å²) >= 11 is 0. The van der Waals surface area contributed by atoms with Crippen molar-refractivity contribution in [1.82, 2.24) is 30.1 Å². The van der Waals surface area contributed by atoms with Crippen molar-refractivity contribution in [3.8, 4) is 11.1 Å². The van der Waals surface area contributed by atoms with Gasteiger partial charge in [0, 0.05) is 40.8 Å². The first kappa shape index (κ1) is 13.1. The van der Waals surface area contributed by atoms with Crippen LogP contribution in [0, 0.1) is 0 Å². The number of hydrogen-bond donors (Lipinski definition) is 3. The lowest BCUT2D eigenvalue weighted by molar-refractivity contribution is 1.12. The highest BCUT2D eigenvalue weighted by atomic mass is 15.1. The van der Waals surface area contributed by atoms with E-state index in [1.165, 1.54) is 6.33 Å². The van der Waals surface area contributed by atoms with Gasteiger partial charge in [0.2, 0.25) is 5.95 Å². The second-order valence-corrected chi connectivity index (χ2v) is 4.91. The van der Waals surface area contributed by atoms with Crippen molar-refractivity contribution in [2.75, 3.05) is 11.1 Å². The Labute approximate surface area is 130 Å². The zero-order chi connectivity index (χ0) is 15.6. The van der Waals surface area contributed by atoms with Gasteiger partial charge < -0.3 is 11.1 Å². The van der Waals surface area contributed by atoms with Gasteiger partial charge in [-0.25, -0.2) is 15.0 Å². The largest absolute Gasteiger partial charge is 0.368 e. The third-order valence-electron chi connectivity index (χ3n) is 3.37. The van der Waals surface area contributed by atoms with Crippen LogP contribution in [0.4, 0.5) is 17.5 Å². The first-order valence-electron chi connectivity index (χ1n) is 6.88. The number of hydrogen-bond acceptors (Lipinski definition) is 7. The Morgan fingerprint density at radius 3 is 2.78 bits per heavy atom. The molecule has 0 aliphatic rings. The minimum absolute atomic E-state index is 0.219. The first-order chi connectivity index (χ1) is 11.3. The molecule has 0 aliphatic heterocycles. The number of nitrogens with one attached hydrogen (secondary N) is 2. The molecule has 0 saturated carbocycles. The third kappa shape index (κ3) is 2.53. The molecule has 4 rings (SSSR count). The van der Waals surface area contributed by atoms with E-state index < -0.39 is 0 Å². The van der Waals surface area contributed by atoms with E-state index in [9.17, 15) is 0 Å². The maximum Gasteiger partial charge on any atom is 0.221 e. The maximum absolute atomic E-state index is 5.61. The molecule has 0 fully saturated rings. The van der Waals surface area contributed by atoms with E-state index >= 15 is 0 Å². The fourth-order valence-corrected chi connectivity index (χ4v) is 2.39. The van der Waals surface area contributed by atoms with Crippen molar-refractivity contribution in [3.63, 3.8) is 0 Å². The predicted molar refractivity (Wildman–Crippen MR) is 86.8 cm³/mol. The molecule has 3 aromatic heterocycles. The van der Waals surface area contributed by atoms with Crippen molar-refractivity contribution in [2.45, 2.75) is 0 Å². The summed E-state index contributed by atoms with van der Waals surface area (Å²) in [6, 6.07) is 5.71. The molecule has 0 unspecified atom stereocenters. The second kappa shape index (κ2) is 5.34. The van der Waals surface area contributed by atoms with Gasteiger partial charge in [-0.1, -0.05) is 0 Å². The standard InChI is InChI=1S/C15H12N8/c16-15-19-2-1-13(22-15)21-11-3-9-7-20-23-14(9)12(4-11)10-5-17-8-18-6-10/h1-8H,(H,20,23)(H3,16,19,21,22). The summed E-state index contributed by atoms with van der Waals surface area (Å²) in [5.74, 6) is 0.840. The van der Waals surface area contributed by atoms with E-state index in [1.807, 2.05) is 12.1 Å². The molecule has 1 aromatic carbocycles. The fourth-order valence-electron chi connectivity index (χ4n) is 2.39. The average Bonchev–Trinajstić information content (AvgIpc) is 3.03. The van der Waals surface area contributed by atoms with Crippen LogP contribution in [0.3, 0.4) is 0 Å². The topological polar surface area (TPSA) is 118 Å². The van der Waals surface area contributed by atoms with Crippen LogP contribution in [-0.2, 0) is 0 Å². The van der Waals surface area contributed by atoms with Gasteiger partial charge in [-0.05, 0) is 18.2 Å². The summed E-state index contributed by atoms with van der Waals surface area (Å²) in [6.07, 6.45) is 8.39. The number of nitrogen functional groups attached to an aromatic ring is 1. The lowest BCUT2D eigenvalue weighted by Gasteiger charge is -2.09. The minimum atomic E-state index is 0.219. The highest BCUT2D eigenvalue weighted by Crippen LogP contribution is 2.31. The summed E-state index contributed by atoms with van der Waals surface area (Å²) in [7, 11) is 0. The SMILES string of the molecule is Nc1nccc(Nc2cc(-c3cncnc3)c3[nH]ncc3c2)n1. The van der Waals surface area contributed by atoms with Gasteiger partial charge in [0.05, 0.1) is 11.7 Å². The average molecular weight is 304 g/mol. The molecule has 4 aromatic rings. The molecular weight excluding hydrogens is 292 g/mol. The lowest BCUT2D eigenvalue weighted by Crippen LogP contribution is -1.99. The van der Waals surface area contributed by atoms with Gasteiger partial charge in [0.15, 0.2) is 0 Å². The van der Waals surface area contributed by atoms with E-state index in [0.717, 1.165) is 27.7 Å². The Morgan fingerprint density at radius 2 is 1.96 bits per heavy atom. The van der Waals surface area contributed by atoms with E-state index in [2.05, 4.69) is 35.5 Å². The molecule has 0 bridgehead atoms. The molecule has 0 aliphatic carbocycles. The van der Waals surface area contributed by atoms with Crippen molar-refractivity contribution in [2.24, 2.45) is 0 Å². The van der Waals surface area contributed by atoms with Crippen molar-refractivity contribution in [3.05, 3.63) is 49.3 Å². The van der Waals surface area contributed by atoms with Crippen LogP contribution in [0.2, 0.25) is 0 Å². The van der Waals surface area contributed by atoms with E-state index in [-0.39, 0.29) is 5.95 Å². The fraction of sp³-hybridized carbons (Fsp3) is 0. The molecule has 0 radical (unpaired) electrons. The number of fused-ring (bicyclic) bond motifs is 1. The van der Waals surface area contributed by atoms with Crippen LogP contribution >= 0.6 is 0 Å². The van der Waals surface area contributed by atoms with E-state index in [0.29, 0.717) is 5.82 Å². The molecule has 8 heteroatoms. The van der Waals surface area contributed by atoms with E-state index in [4.69, 9.17) is 5.73 Å².